The lowest BCUT2D eigenvalue weighted by Crippen LogP contribution is -2.19. The molecule has 0 saturated carbocycles. The van der Waals surface area contributed by atoms with Crippen molar-refractivity contribution in [1.29, 1.82) is 0 Å². The van der Waals surface area contributed by atoms with Crippen LogP contribution in [0.5, 0.6) is 5.75 Å². The molecule has 0 saturated heterocycles. The van der Waals surface area contributed by atoms with Gasteiger partial charge in [-0.2, -0.15) is 0 Å². The number of methoxy groups -OCH3 is 1. The first-order chi connectivity index (χ1) is 32.9. The van der Waals surface area contributed by atoms with Crippen LogP contribution in [0, 0.1) is 0 Å². The van der Waals surface area contributed by atoms with Crippen LogP contribution in [0.1, 0.15) is 269 Å². The SMILES string of the molecule is CC(C)(C)c1ccc(C(C)(C)C)cc1.CC(C)(C)c1ccc(C(C)(C)C)nc1.CC(C)(C)c1cccc(C(C)(C)C)c1.CC(C)(C)c1cnc(C(C)(C)C)c(CO)c1.COc1cc(C(C)(C)C)ccc1C(C)(C)C. The van der Waals surface area contributed by atoms with E-state index in [9.17, 15) is 5.11 Å². The van der Waals surface area contributed by atoms with Gasteiger partial charge in [0.1, 0.15) is 5.75 Å². The lowest BCUT2D eigenvalue weighted by Gasteiger charge is -2.25. The number of ether oxygens (including phenoxy) is 1. The first kappa shape index (κ1) is 67.7. The van der Waals surface area contributed by atoms with Gasteiger partial charge in [0.25, 0.3) is 0 Å². The average Bonchev–Trinajstić information content (AvgIpc) is 3.24. The van der Waals surface area contributed by atoms with Crippen LogP contribution < -0.4 is 4.74 Å². The highest BCUT2D eigenvalue weighted by Gasteiger charge is 2.25. The highest BCUT2D eigenvalue weighted by atomic mass is 16.5. The van der Waals surface area contributed by atoms with E-state index in [0.29, 0.717) is 0 Å². The Morgan fingerprint density at radius 3 is 0.986 bits per heavy atom. The lowest BCUT2D eigenvalue weighted by atomic mass is 9.81. The standard InChI is InChI=1S/C15H24O.C14H23NO.2C14H22.C13H21N/c1-14(2,3)11-8-9-12(15(4,5)6)13(10-11)16-7;1-13(2,3)11-7-10(9-16)12(15-8-11)14(4,5)6;1-13(2,3)11-7-9-12(10-8-11)14(4,5)6;1-13(2,3)11-8-7-9-12(10-11)14(4,5)6;1-12(2,3)10-7-8-11(14-9-10)13(4,5)6/h8-10H,1-7H3;7-8,16H,9H2,1-6H3;2*7-10H,1-6H3;7-9H,1-6H3. The molecule has 2 heterocycles. The van der Waals surface area contributed by atoms with Gasteiger partial charge in [-0.05, 0) is 112 Å². The van der Waals surface area contributed by atoms with Crippen molar-refractivity contribution in [2.24, 2.45) is 0 Å². The van der Waals surface area contributed by atoms with Gasteiger partial charge < -0.3 is 9.84 Å². The van der Waals surface area contributed by atoms with Gasteiger partial charge in [0.15, 0.2) is 0 Å². The molecule has 4 nitrogen and oxygen atoms in total. The smallest absolute Gasteiger partial charge is 0.122 e. The minimum Gasteiger partial charge on any atom is -0.496 e. The van der Waals surface area contributed by atoms with Gasteiger partial charge in [0.05, 0.1) is 19.4 Å². The Kier molecular flexibility index (Phi) is 23.1. The number of aromatic nitrogens is 2. The highest BCUT2D eigenvalue weighted by molar-refractivity contribution is 5.43. The lowest BCUT2D eigenvalue weighted by molar-refractivity contribution is 0.277. The highest BCUT2D eigenvalue weighted by Crippen LogP contribution is 2.36. The number of aliphatic hydroxyl groups excluding tert-OH is 1. The Balaban J connectivity index is 0.000000463. The van der Waals surface area contributed by atoms with Crippen molar-refractivity contribution in [3.8, 4) is 5.75 Å². The number of hydrogen-bond donors (Lipinski definition) is 1. The molecule has 5 rings (SSSR count). The van der Waals surface area contributed by atoms with Crippen molar-refractivity contribution in [3.63, 3.8) is 0 Å². The Morgan fingerprint density at radius 1 is 0.338 bits per heavy atom. The van der Waals surface area contributed by atoms with Crippen LogP contribution in [0.2, 0.25) is 0 Å². The van der Waals surface area contributed by atoms with Crippen molar-refractivity contribution in [2.75, 3.05) is 7.11 Å². The number of hydrogen-bond acceptors (Lipinski definition) is 4. The largest absolute Gasteiger partial charge is 0.496 e. The zero-order valence-corrected chi connectivity index (χ0v) is 53.7. The molecule has 4 heteroatoms. The summed E-state index contributed by atoms with van der Waals surface area (Å²) in [6.07, 6.45) is 3.93. The zero-order chi connectivity index (χ0) is 58.1. The number of pyridine rings is 2. The molecule has 0 unspecified atom stereocenters. The first-order valence-corrected chi connectivity index (χ1v) is 27.4. The van der Waals surface area contributed by atoms with E-state index in [4.69, 9.17) is 4.74 Å². The maximum atomic E-state index is 9.43. The van der Waals surface area contributed by atoms with Crippen LogP contribution >= 0.6 is 0 Å². The quantitative estimate of drug-likeness (QED) is 0.191. The summed E-state index contributed by atoms with van der Waals surface area (Å²) in [7, 11) is 1.75. The van der Waals surface area contributed by atoms with Gasteiger partial charge in [-0.15, -0.1) is 0 Å². The van der Waals surface area contributed by atoms with Gasteiger partial charge >= 0.3 is 0 Å². The number of nitrogens with zero attached hydrogens (tertiary/aromatic N) is 2. The second-order valence-electron chi connectivity index (χ2n) is 30.9. The molecule has 0 radical (unpaired) electrons. The number of aliphatic hydroxyl groups is 1. The van der Waals surface area contributed by atoms with Crippen LogP contribution in [-0.2, 0) is 60.8 Å². The third-order valence-electron chi connectivity index (χ3n) is 13.2. The van der Waals surface area contributed by atoms with E-state index < -0.39 is 0 Å². The summed E-state index contributed by atoms with van der Waals surface area (Å²) in [5, 5.41) is 9.43. The minimum atomic E-state index is -0.0194. The van der Waals surface area contributed by atoms with Crippen molar-refractivity contribution in [2.45, 2.75) is 268 Å². The second kappa shape index (κ2) is 25.2. The molecule has 0 bridgehead atoms. The topological polar surface area (TPSA) is 55.2 Å². The molecule has 1 N–H and O–H groups in total. The van der Waals surface area contributed by atoms with Crippen LogP contribution in [0.15, 0.2) is 97.3 Å². The van der Waals surface area contributed by atoms with Crippen LogP contribution in [0.3, 0.4) is 0 Å². The summed E-state index contributed by atoms with van der Waals surface area (Å²) >= 11 is 0. The third-order valence-corrected chi connectivity index (χ3v) is 13.2. The van der Waals surface area contributed by atoms with Crippen molar-refractivity contribution in [1.82, 2.24) is 9.97 Å². The fourth-order valence-corrected chi connectivity index (χ4v) is 7.70. The van der Waals surface area contributed by atoms with Gasteiger partial charge in [-0.3, -0.25) is 9.97 Å². The summed E-state index contributed by atoms with van der Waals surface area (Å²) < 4.78 is 5.51. The fraction of sp³-hybridized carbons (Fsp3) is 0.600. The summed E-state index contributed by atoms with van der Waals surface area (Å²) in [6.45, 7) is 66.4. The number of rotatable bonds is 2. The molecule has 0 aliphatic carbocycles. The van der Waals surface area contributed by atoms with Crippen LogP contribution in [0.25, 0.3) is 0 Å². The summed E-state index contributed by atoms with van der Waals surface area (Å²) in [6, 6.07) is 30.9. The maximum Gasteiger partial charge on any atom is 0.122 e. The maximum absolute atomic E-state index is 9.43. The minimum absolute atomic E-state index is 0.0194. The molecule has 414 valence electrons. The molecule has 3 aromatic carbocycles. The second-order valence-corrected chi connectivity index (χ2v) is 30.9. The van der Waals surface area contributed by atoms with E-state index >= 15 is 0 Å². The zero-order valence-electron chi connectivity index (χ0n) is 53.7. The van der Waals surface area contributed by atoms with Gasteiger partial charge in [0, 0.05) is 28.9 Å². The molecule has 2 aromatic heterocycles. The van der Waals surface area contributed by atoms with E-state index in [1.807, 2.05) is 12.4 Å². The molecule has 0 aliphatic rings. The molecule has 0 atom stereocenters. The third kappa shape index (κ3) is 22.5. The normalized spacial score (nSPS) is 12.9. The Bertz CT molecular complexity index is 2210. The summed E-state index contributed by atoms with van der Waals surface area (Å²) in [5.41, 5.74) is 15.5. The van der Waals surface area contributed by atoms with Gasteiger partial charge in [-0.1, -0.05) is 274 Å². The first-order valence-electron chi connectivity index (χ1n) is 27.4. The van der Waals surface area contributed by atoms with E-state index in [0.717, 1.165) is 22.7 Å². The van der Waals surface area contributed by atoms with Gasteiger partial charge in [-0.25, -0.2) is 0 Å². The van der Waals surface area contributed by atoms with E-state index in [2.05, 4.69) is 303 Å². The fourth-order valence-electron chi connectivity index (χ4n) is 7.70. The van der Waals surface area contributed by atoms with Crippen molar-refractivity contribution >= 4 is 0 Å². The molecule has 0 amide bonds. The Morgan fingerprint density at radius 2 is 0.689 bits per heavy atom. The predicted octanol–water partition coefficient (Wildman–Crippen LogP) is 19.7. The van der Waals surface area contributed by atoms with E-state index in [-0.39, 0.29) is 60.8 Å². The molecular weight excluding hydrogens is 901 g/mol. The summed E-state index contributed by atoms with van der Waals surface area (Å²) in [5.74, 6) is 1.000. The molecule has 74 heavy (non-hydrogen) atoms. The Labute approximate surface area is 457 Å². The number of benzene rings is 3. The van der Waals surface area contributed by atoms with Crippen molar-refractivity contribution < 1.29 is 9.84 Å². The average molecular weight is 1010 g/mol. The molecule has 0 spiro atoms. The predicted molar refractivity (Wildman–Crippen MR) is 327 cm³/mol. The van der Waals surface area contributed by atoms with Gasteiger partial charge in [0.2, 0.25) is 0 Å². The molecule has 5 aromatic rings. The Hall–Kier alpha value is -4.28. The molecule has 0 aliphatic heterocycles. The van der Waals surface area contributed by atoms with Crippen LogP contribution in [0.4, 0.5) is 0 Å². The molecular formula is C70H112N2O2. The van der Waals surface area contributed by atoms with E-state index in [1.54, 1.807) is 7.11 Å². The monoisotopic (exact) mass is 1010 g/mol. The van der Waals surface area contributed by atoms with E-state index in [1.165, 1.54) is 44.5 Å². The van der Waals surface area contributed by atoms with Crippen LogP contribution in [-0.4, -0.2) is 22.2 Å². The van der Waals surface area contributed by atoms with Crippen molar-refractivity contribution in [3.05, 3.63) is 159 Å². The summed E-state index contributed by atoms with van der Waals surface area (Å²) in [4.78, 5) is 9.04. The molecule has 0 fully saturated rings.